The summed E-state index contributed by atoms with van der Waals surface area (Å²) in [5.41, 5.74) is 1.79. The highest BCUT2D eigenvalue weighted by Gasteiger charge is 2.14. The number of pyridine rings is 1. The molecule has 27 heavy (non-hydrogen) atoms. The number of hydrogen-bond donors (Lipinski definition) is 1. The highest BCUT2D eigenvalue weighted by atomic mass is 79.9. The molecule has 1 N–H and O–H groups in total. The number of aromatic amines is 1. The molecule has 1 amide bonds. The van der Waals surface area contributed by atoms with Gasteiger partial charge in [-0.1, -0.05) is 0 Å². The Balaban J connectivity index is 1.67. The van der Waals surface area contributed by atoms with E-state index in [9.17, 15) is 9.59 Å². The second kappa shape index (κ2) is 8.58. The van der Waals surface area contributed by atoms with Crippen molar-refractivity contribution in [2.24, 2.45) is 0 Å². The minimum atomic E-state index is -0.202. The van der Waals surface area contributed by atoms with Gasteiger partial charge in [-0.3, -0.25) is 14.6 Å². The molecular weight excluding hydrogens is 428 g/mol. The molecule has 3 heterocycles. The summed E-state index contributed by atoms with van der Waals surface area (Å²) in [6.07, 6.45) is 3.93. The second-order valence-electron chi connectivity index (χ2n) is 6.20. The fraction of sp³-hybridized carbons (Fsp3) is 0.263. The first kappa shape index (κ1) is 19.4. The number of halogens is 1. The van der Waals surface area contributed by atoms with Crippen LogP contribution in [0.3, 0.4) is 0 Å². The number of amides is 1. The molecule has 6 nitrogen and oxygen atoms in total. The average Bonchev–Trinajstić information content (AvgIpc) is 3.06. The van der Waals surface area contributed by atoms with Gasteiger partial charge >= 0.3 is 0 Å². The van der Waals surface area contributed by atoms with Crippen LogP contribution in [0.5, 0.6) is 0 Å². The van der Waals surface area contributed by atoms with E-state index in [4.69, 9.17) is 0 Å². The lowest BCUT2D eigenvalue weighted by Crippen LogP contribution is -2.27. The number of nitrogens with one attached hydrogen (secondary N) is 1. The lowest BCUT2D eigenvalue weighted by molar-refractivity contribution is -0.130. The molecule has 0 atom stereocenters. The lowest BCUT2D eigenvalue weighted by Gasteiger charge is -2.16. The van der Waals surface area contributed by atoms with Crippen LogP contribution >= 0.6 is 27.3 Å². The third kappa shape index (κ3) is 4.90. The molecule has 3 rings (SSSR count). The maximum absolute atomic E-state index is 12.5. The Kier molecular flexibility index (Phi) is 6.18. The van der Waals surface area contributed by atoms with Gasteiger partial charge in [-0.15, -0.1) is 11.3 Å². The number of thiophene rings is 1. The van der Waals surface area contributed by atoms with Crippen LogP contribution in [-0.4, -0.2) is 32.8 Å². The maximum atomic E-state index is 12.5. The fourth-order valence-electron chi connectivity index (χ4n) is 2.73. The first-order valence-electron chi connectivity index (χ1n) is 8.41. The van der Waals surface area contributed by atoms with Crippen LogP contribution in [0.15, 0.2) is 45.2 Å². The smallest absolute Gasteiger partial charge is 0.254 e. The minimum Gasteiger partial charge on any atom is -0.341 e. The van der Waals surface area contributed by atoms with Crippen LogP contribution in [-0.2, 0) is 17.8 Å². The van der Waals surface area contributed by atoms with Gasteiger partial charge in [0.25, 0.3) is 5.56 Å². The number of aryl methyl sites for hydroxylation is 1. The molecule has 0 fully saturated rings. The quantitative estimate of drug-likeness (QED) is 0.627. The molecule has 0 saturated carbocycles. The minimum absolute atomic E-state index is 0.00321. The van der Waals surface area contributed by atoms with Gasteiger partial charge in [-0.05, 0) is 47.5 Å². The largest absolute Gasteiger partial charge is 0.341 e. The van der Waals surface area contributed by atoms with E-state index in [1.807, 2.05) is 11.4 Å². The van der Waals surface area contributed by atoms with Crippen LogP contribution in [0.4, 0.5) is 0 Å². The Labute approximate surface area is 169 Å². The second-order valence-corrected chi connectivity index (χ2v) is 8.11. The number of hydrogen-bond acceptors (Lipinski definition) is 5. The zero-order chi connectivity index (χ0) is 19.4. The summed E-state index contributed by atoms with van der Waals surface area (Å²) < 4.78 is 1.02. The standard InChI is InChI=1S/C19H19BrN4O2S/c1-12-16(19(26)23-18(22-12)13-5-7-21-8-6-13)3-4-17(25)24(2)10-15-9-14(20)11-27-15/h5-9,11H,3-4,10H2,1-2H3,(H,22,23,26). The van der Waals surface area contributed by atoms with Gasteiger partial charge in [0.15, 0.2) is 0 Å². The molecule has 8 heteroatoms. The maximum Gasteiger partial charge on any atom is 0.254 e. The van der Waals surface area contributed by atoms with Crippen molar-refractivity contribution in [3.8, 4) is 11.4 Å². The summed E-state index contributed by atoms with van der Waals surface area (Å²) in [5, 5.41) is 1.99. The van der Waals surface area contributed by atoms with Gasteiger partial charge in [0, 0.05) is 57.4 Å². The number of aromatic nitrogens is 3. The van der Waals surface area contributed by atoms with Gasteiger partial charge in [0.2, 0.25) is 5.91 Å². The topological polar surface area (TPSA) is 79.0 Å². The van der Waals surface area contributed by atoms with E-state index in [1.54, 1.807) is 54.7 Å². The average molecular weight is 447 g/mol. The molecule has 0 unspecified atom stereocenters. The van der Waals surface area contributed by atoms with Crippen LogP contribution in [0.2, 0.25) is 0 Å². The van der Waals surface area contributed by atoms with E-state index >= 15 is 0 Å². The van der Waals surface area contributed by atoms with Crippen LogP contribution < -0.4 is 5.56 Å². The van der Waals surface area contributed by atoms with Crippen molar-refractivity contribution >= 4 is 33.2 Å². The van der Waals surface area contributed by atoms with Crippen molar-refractivity contribution in [2.45, 2.75) is 26.3 Å². The van der Waals surface area contributed by atoms with E-state index in [1.165, 1.54) is 0 Å². The van der Waals surface area contributed by atoms with Gasteiger partial charge in [0.1, 0.15) is 5.82 Å². The van der Waals surface area contributed by atoms with Crippen molar-refractivity contribution in [1.29, 1.82) is 0 Å². The van der Waals surface area contributed by atoms with Crippen LogP contribution in [0.25, 0.3) is 11.4 Å². The molecule has 3 aromatic rings. The van der Waals surface area contributed by atoms with Crippen molar-refractivity contribution in [2.75, 3.05) is 7.05 Å². The third-order valence-corrected chi connectivity index (χ3v) is 5.89. The molecular formula is C19H19BrN4O2S. The van der Waals surface area contributed by atoms with Crippen LogP contribution in [0.1, 0.15) is 22.6 Å². The molecule has 0 aromatic carbocycles. The lowest BCUT2D eigenvalue weighted by atomic mass is 10.1. The summed E-state index contributed by atoms with van der Waals surface area (Å²) in [6.45, 7) is 2.36. The summed E-state index contributed by atoms with van der Waals surface area (Å²) in [4.78, 5) is 38.9. The van der Waals surface area contributed by atoms with Crippen molar-refractivity contribution in [1.82, 2.24) is 19.9 Å². The Hall–Kier alpha value is -2.32. The van der Waals surface area contributed by atoms with E-state index < -0.39 is 0 Å². The van der Waals surface area contributed by atoms with Crippen molar-refractivity contribution < 1.29 is 4.79 Å². The SMILES string of the molecule is Cc1nc(-c2ccncc2)[nH]c(=O)c1CCC(=O)N(C)Cc1cc(Br)cs1. The van der Waals surface area contributed by atoms with E-state index in [2.05, 4.69) is 30.9 Å². The van der Waals surface area contributed by atoms with E-state index in [-0.39, 0.29) is 17.9 Å². The monoisotopic (exact) mass is 446 g/mol. The first-order chi connectivity index (χ1) is 12.9. The summed E-state index contributed by atoms with van der Waals surface area (Å²) in [5.74, 6) is 0.506. The molecule has 0 spiro atoms. The van der Waals surface area contributed by atoms with E-state index in [0.29, 0.717) is 30.0 Å². The van der Waals surface area contributed by atoms with Gasteiger partial charge < -0.3 is 9.88 Å². The Morgan fingerprint density at radius 1 is 1.33 bits per heavy atom. The zero-order valence-corrected chi connectivity index (χ0v) is 17.4. The molecule has 0 aliphatic heterocycles. The third-order valence-electron chi connectivity index (χ3n) is 4.21. The fourth-order valence-corrected chi connectivity index (χ4v) is 4.24. The Morgan fingerprint density at radius 2 is 2.07 bits per heavy atom. The zero-order valence-electron chi connectivity index (χ0n) is 15.0. The summed E-state index contributed by atoms with van der Waals surface area (Å²) >= 11 is 5.02. The highest BCUT2D eigenvalue weighted by Crippen LogP contribution is 2.21. The molecule has 140 valence electrons. The molecule has 0 radical (unpaired) electrons. The first-order valence-corrected chi connectivity index (χ1v) is 10.1. The normalized spacial score (nSPS) is 10.8. The summed E-state index contributed by atoms with van der Waals surface area (Å²) in [6, 6.07) is 5.59. The molecule has 3 aromatic heterocycles. The van der Waals surface area contributed by atoms with Gasteiger partial charge in [0.05, 0.1) is 6.54 Å². The number of nitrogens with zero attached hydrogens (tertiary/aromatic N) is 3. The molecule has 0 aliphatic rings. The van der Waals surface area contributed by atoms with Gasteiger partial charge in [-0.25, -0.2) is 4.98 Å². The Morgan fingerprint density at radius 3 is 2.70 bits per heavy atom. The highest BCUT2D eigenvalue weighted by molar-refractivity contribution is 9.10. The van der Waals surface area contributed by atoms with Crippen molar-refractivity contribution in [3.63, 3.8) is 0 Å². The van der Waals surface area contributed by atoms with Gasteiger partial charge in [-0.2, -0.15) is 0 Å². The van der Waals surface area contributed by atoms with Crippen LogP contribution in [0, 0.1) is 6.92 Å². The number of H-pyrrole nitrogens is 1. The number of rotatable bonds is 6. The number of carbonyl (C=O) groups is 1. The molecule has 0 saturated heterocycles. The molecule has 0 bridgehead atoms. The predicted octanol–water partition coefficient (Wildman–Crippen LogP) is 3.56. The predicted molar refractivity (Wildman–Crippen MR) is 110 cm³/mol. The summed E-state index contributed by atoms with van der Waals surface area (Å²) in [7, 11) is 1.78. The van der Waals surface area contributed by atoms with E-state index in [0.717, 1.165) is 14.9 Å². The molecule has 0 aliphatic carbocycles. The number of carbonyl (C=O) groups excluding carboxylic acids is 1. The Bertz CT molecular complexity index is 1000. The van der Waals surface area contributed by atoms with Crippen molar-refractivity contribution in [3.05, 3.63) is 66.9 Å².